The number of hydrogen-bond acceptors (Lipinski definition) is 5. The lowest BCUT2D eigenvalue weighted by Gasteiger charge is -2.37. The number of methoxy groups -OCH3 is 2. The van der Waals surface area contributed by atoms with Gasteiger partial charge in [0.15, 0.2) is 29.1 Å². The minimum Gasteiger partial charge on any atom is -0.493 e. The van der Waals surface area contributed by atoms with Gasteiger partial charge in [0.2, 0.25) is 0 Å². The zero-order chi connectivity index (χ0) is 16.0. The van der Waals surface area contributed by atoms with Crippen LogP contribution in [0.1, 0.15) is 23.7 Å². The Labute approximate surface area is 134 Å². The molecule has 5 heteroatoms. The van der Waals surface area contributed by atoms with E-state index in [1.807, 2.05) is 36.4 Å². The van der Waals surface area contributed by atoms with Gasteiger partial charge in [0.05, 0.1) is 14.2 Å². The summed E-state index contributed by atoms with van der Waals surface area (Å²) in [4.78, 5) is 0. The van der Waals surface area contributed by atoms with Crippen molar-refractivity contribution >= 4 is 0 Å². The van der Waals surface area contributed by atoms with Gasteiger partial charge in [-0.25, -0.2) is 0 Å². The number of fused-ring (bicyclic) bond motifs is 2. The molecule has 2 aliphatic rings. The van der Waals surface area contributed by atoms with Crippen molar-refractivity contribution in [2.45, 2.75) is 24.7 Å². The minimum atomic E-state index is -1.14. The molecule has 5 nitrogen and oxygen atoms in total. The van der Waals surface area contributed by atoms with Crippen molar-refractivity contribution in [3.05, 3.63) is 47.5 Å². The summed E-state index contributed by atoms with van der Waals surface area (Å²) in [5, 5.41) is 10.8. The molecular formula is C18H18O5. The molecule has 0 radical (unpaired) electrons. The lowest BCUT2D eigenvalue weighted by molar-refractivity contribution is -0.180. The van der Waals surface area contributed by atoms with Gasteiger partial charge in [-0.3, -0.25) is 0 Å². The molecule has 4 rings (SSSR count). The average molecular weight is 314 g/mol. The van der Waals surface area contributed by atoms with E-state index in [4.69, 9.17) is 18.9 Å². The van der Waals surface area contributed by atoms with Crippen molar-refractivity contribution in [3.63, 3.8) is 0 Å². The zero-order valence-electron chi connectivity index (χ0n) is 13.0. The highest BCUT2D eigenvalue weighted by Gasteiger charge is 2.53. The third kappa shape index (κ3) is 1.96. The van der Waals surface area contributed by atoms with E-state index in [9.17, 15) is 5.11 Å². The number of hydrogen-bond donors (Lipinski definition) is 1. The van der Waals surface area contributed by atoms with Crippen LogP contribution in [0.25, 0.3) is 0 Å². The molecule has 0 aliphatic carbocycles. The summed E-state index contributed by atoms with van der Waals surface area (Å²) >= 11 is 0. The molecule has 0 aromatic heterocycles. The summed E-state index contributed by atoms with van der Waals surface area (Å²) in [5.74, 6) is 1.26. The zero-order valence-corrected chi connectivity index (χ0v) is 13.0. The molecule has 2 aromatic rings. The normalized spacial score (nSPS) is 24.4. The molecule has 23 heavy (non-hydrogen) atoms. The fourth-order valence-electron chi connectivity index (χ4n) is 3.32. The Hall–Kier alpha value is -2.40. The van der Waals surface area contributed by atoms with Crippen LogP contribution in [0.2, 0.25) is 0 Å². The van der Waals surface area contributed by atoms with Crippen molar-refractivity contribution in [1.29, 1.82) is 0 Å². The van der Waals surface area contributed by atoms with Crippen molar-refractivity contribution in [3.8, 4) is 23.0 Å². The molecule has 120 valence electrons. The third-order valence-corrected chi connectivity index (χ3v) is 4.51. The van der Waals surface area contributed by atoms with E-state index in [0.29, 0.717) is 35.0 Å². The Balaban J connectivity index is 1.77. The van der Waals surface area contributed by atoms with E-state index in [-0.39, 0.29) is 0 Å². The fourth-order valence-corrected chi connectivity index (χ4v) is 3.32. The van der Waals surface area contributed by atoms with Crippen molar-refractivity contribution in [2.75, 3.05) is 14.2 Å². The van der Waals surface area contributed by atoms with Gasteiger partial charge >= 0.3 is 0 Å². The lowest BCUT2D eigenvalue weighted by Crippen LogP contribution is -2.47. The monoisotopic (exact) mass is 314 g/mol. The number of ether oxygens (including phenoxy) is 4. The van der Waals surface area contributed by atoms with Gasteiger partial charge in [-0.15, -0.1) is 0 Å². The molecule has 0 saturated heterocycles. The summed E-state index contributed by atoms with van der Waals surface area (Å²) in [6.45, 7) is 0. The minimum absolute atomic E-state index is 0.542. The van der Waals surface area contributed by atoms with Gasteiger partial charge in [0, 0.05) is 12.0 Å². The maximum atomic E-state index is 10.8. The first-order valence-corrected chi connectivity index (χ1v) is 7.57. The first kappa shape index (κ1) is 14.2. The summed E-state index contributed by atoms with van der Waals surface area (Å²) in [5.41, 5.74) is 1.73. The van der Waals surface area contributed by atoms with Crippen LogP contribution in [-0.4, -0.2) is 25.1 Å². The fraction of sp³-hybridized carbons (Fsp3) is 0.333. The topological polar surface area (TPSA) is 57.2 Å². The van der Waals surface area contributed by atoms with Crippen LogP contribution in [0.5, 0.6) is 23.0 Å². The number of benzene rings is 2. The van der Waals surface area contributed by atoms with E-state index in [2.05, 4.69) is 0 Å². The quantitative estimate of drug-likeness (QED) is 0.924. The second-order valence-electron chi connectivity index (χ2n) is 5.75. The molecule has 0 fully saturated rings. The van der Waals surface area contributed by atoms with E-state index in [1.54, 1.807) is 14.2 Å². The van der Waals surface area contributed by atoms with Gasteiger partial charge in [-0.1, -0.05) is 24.3 Å². The number of aliphatic hydroxyl groups is 1. The van der Waals surface area contributed by atoms with Crippen LogP contribution in [0, 0.1) is 0 Å². The second kappa shape index (κ2) is 5.06. The molecular weight excluding hydrogens is 296 g/mol. The largest absolute Gasteiger partial charge is 0.493 e. The van der Waals surface area contributed by atoms with Gasteiger partial charge in [0.25, 0.3) is 5.79 Å². The lowest BCUT2D eigenvalue weighted by atomic mass is 9.94. The van der Waals surface area contributed by atoms with Crippen molar-refractivity contribution in [2.24, 2.45) is 0 Å². The average Bonchev–Trinajstić information content (AvgIpc) is 2.86. The highest BCUT2D eigenvalue weighted by atomic mass is 16.7. The van der Waals surface area contributed by atoms with Crippen LogP contribution in [0.3, 0.4) is 0 Å². The van der Waals surface area contributed by atoms with Crippen LogP contribution >= 0.6 is 0 Å². The molecule has 2 aromatic carbocycles. The molecule has 2 atom stereocenters. The molecule has 1 N–H and O–H groups in total. The summed E-state index contributed by atoms with van der Waals surface area (Å²) in [6, 6.07) is 11.2. The van der Waals surface area contributed by atoms with Gasteiger partial charge in [-0.2, -0.15) is 0 Å². The first-order chi connectivity index (χ1) is 11.2. The van der Waals surface area contributed by atoms with E-state index < -0.39 is 11.9 Å². The van der Waals surface area contributed by atoms with Crippen LogP contribution in [0.15, 0.2) is 36.4 Å². The molecule has 0 bridgehead atoms. The van der Waals surface area contributed by atoms with Crippen LogP contribution in [0.4, 0.5) is 0 Å². The predicted octanol–water partition coefficient (Wildman–Crippen LogP) is 2.85. The van der Waals surface area contributed by atoms with Crippen LogP contribution in [-0.2, 0) is 6.42 Å². The summed E-state index contributed by atoms with van der Waals surface area (Å²) in [6.07, 6.45) is 0.400. The molecule has 2 heterocycles. The maximum Gasteiger partial charge on any atom is 0.282 e. The Morgan fingerprint density at radius 2 is 1.65 bits per heavy atom. The molecule has 1 spiro atoms. The SMILES string of the molecule is COc1cccc2c1O[C@]1(CC2)Oc2c(OC)cccc2[C@@H]1O. The molecule has 0 saturated carbocycles. The Bertz CT molecular complexity index is 743. The number of rotatable bonds is 2. The number of aliphatic hydroxyl groups excluding tert-OH is 1. The van der Waals surface area contributed by atoms with E-state index in [1.165, 1.54) is 0 Å². The smallest absolute Gasteiger partial charge is 0.282 e. The predicted molar refractivity (Wildman–Crippen MR) is 83.3 cm³/mol. The second-order valence-corrected chi connectivity index (χ2v) is 5.75. The Morgan fingerprint density at radius 3 is 2.39 bits per heavy atom. The van der Waals surface area contributed by atoms with E-state index in [0.717, 1.165) is 12.0 Å². The van der Waals surface area contributed by atoms with Crippen LogP contribution < -0.4 is 18.9 Å². The first-order valence-electron chi connectivity index (χ1n) is 7.57. The van der Waals surface area contributed by atoms with Gasteiger partial charge in [0.1, 0.15) is 0 Å². The standard InChI is InChI=1S/C18H18O5/c1-20-13-7-3-5-11-9-10-18(22-15(11)13)17(19)12-6-4-8-14(21-2)16(12)23-18/h3-8,17,19H,9-10H2,1-2H3/t17-,18+/m0/s1. The summed E-state index contributed by atoms with van der Waals surface area (Å²) in [7, 11) is 3.18. The third-order valence-electron chi connectivity index (χ3n) is 4.51. The van der Waals surface area contributed by atoms with Gasteiger partial charge < -0.3 is 24.1 Å². The molecule has 0 amide bonds. The summed E-state index contributed by atoms with van der Waals surface area (Å²) < 4.78 is 22.9. The highest BCUT2D eigenvalue weighted by molar-refractivity contribution is 5.54. The Kier molecular flexibility index (Phi) is 3.13. The maximum absolute atomic E-state index is 10.8. The molecule has 0 unspecified atom stereocenters. The number of para-hydroxylation sites is 2. The van der Waals surface area contributed by atoms with Crippen molar-refractivity contribution in [1.82, 2.24) is 0 Å². The Morgan fingerprint density at radius 1 is 1.00 bits per heavy atom. The van der Waals surface area contributed by atoms with Crippen molar-refractivity contribution < 1.29 is 24.1 Å². The number of aryl methyl sites for hydroxylation is 1. The van der Waals surface area contributed by atoms with E-state index >= 15 is 0 Å². The van der Waals surface area contributed by atoms with Gasteiger partial charge in [-0.05, 0) is 24.1 Å². The molecule has 2 aliphatic heterocycles. The highest BCUT2D eigenvalue weighted by Crippen LogP contribution is 2.53.